The standard InChI is InChI=1S/C17H30N2O7S/c1-6-8-11-27(23,24)19-10-9-18(12-13(20)26-17(3,4)5)15(21)14(19)16(22)25-7-2/h14H,6-12H2,1-5H3. The lowest BCUT2D eigenvalue weighted by Crippen LogP contribution is -2.63. The Morgan fingerprint density at radius 1 is 1.19 bits per heavy atom. The molecule has 1 aliphatic heterocycles. The van der Waals surface area contributed by atoms with E-state index >= 15 is 0 Å². The van der Waals surface area contributed by atoms with Crippen molar-refractivity contribution in [1.82, 2.24) is 9.21 Å². The van der Waals surface area contributed by atoms with Gasteiger partial charge in [-0.1, -0.05) is 13.3 Å². The molecule has 0 aliphatic carbocycles. The van der Waals surface area contributed by atoms with Crippen LogP contribution in [-0.2, 0) is 33.9 Å². The maximum Gasteiger partial charge on any atom is 0.334 e. The van der Waals surface area contributed by atoms with Crippen molar-refractivity contribution in [3.63, 3.8) is 0 Å². The molecule has 156 valence electrons. The van der Waals surface area contributed by atoms with E-state index in [2.05, 4.69) is 0 Å². The lowest BCUT2D eigenvalue weighted by molar-refractivity contribution is -0.165. The second-order valence-corrected chi connectivity index (χ2v) is 9.32. The first-order chi connectivity index (χ1) is 12.4. The molecule has 1 unspecified atom stereocenters. The Bertz CT molecular complexity index is 655. The highest BCUT2D eigenvalue weighted by atomic mass is 32.2. The monoisotopic (exact) mass is 406 g/mol. The van der Waals surface area contributed by atoms with E-state index in [0.29, 0.717) is 12.8 Å². The molecule has 0 aromatic carbocycles. The lowest BCUT2D eigenvalue weighted by atomic mass is 10.2. The summed E-state index contributed by atoms with van der Waals surface area (Å²) in [4.78, 5) is 38.3. The number of carbonyl (C=O) groups excluding carboxylic acids is 3. The molecular weight excluding hydrogens is 376 g/mol. The number of rotatable bonds is 8. The Morgan fingerprint density at radius 3 is 2.33 bits per heavy atom. The molecule has 9 nitrogen and oxygen atoms in total. The fourth-order valence-electron chi connectivity index (χ4n) is 2.62. The summed E-state index contributed by atoms with van der Waals surface area (Å²) in [6.45, 7) is 8.10. The fourth-order valence-corrected chi connectivity index (χ4v) is 4.37. The van der Waals surface area contributed by atoms with E-state index in [9.17, 15) is 22.8 Å². The summed E-state index contributed by atoms with van der Waals surface area (Å²) in [5, 5.41) is 0. The van der Waals surface area contributed by atoms with Gasteiger partial charge in [-0.05, 0) is 34.1 Å². The minimum Gasteiger partial charge on any atom is -0.464 e. The van der Waals surface area contributed by atoms with Gasteiger partial charge in [-0.2, -0.15) is 4.31 Å². The Balaban J connectivity index is 3.02. The van der Waals surface area contributed by atoms with Crippen LogP contribution in [0.5, 0.6) is 0 Å². The van der Waals surface area contributed by atoms with Crippen LogP contribution in [0.1, 0.15) is 47.5 Å². The van der Waals surface area contributed by atoms with Gasteiger partial charge in [-0.3, -0.25) is 9.59 Å². The number of hydrogen-bond acceptors (Lipinski definition) is 7. The summed E-state index contributed by atoms with van der Waals surface area (Å²) in [5.41, 5.74) is -0.716. The number of unbranched alkanes of at least 4 members (excludes halogenated alkanes) is 1. The van der Waals surface area contributed by atoms with Crippen molar-refractivity contribution in [1.29, 1.82) is 0 Å². The Kier molecular flexibility index (Phi) is 8.22. The van der Waals surface area contributed by atoms with Crippen LogP contribution in [0, 0.1) is 0 Å². The van der Waals surface area contributed by atoms with Crippen molar-refractivity contribution >= 4 is 27.9 Å². The van der Waals surface area contributed by atoms with Crippen molar-refractivity contribution in [2.75, 3.05) is 32.0 Å². The number of nitrogens with zero attached hydrogens (tertiary/aromatic N) is 2. The topological polar surface area (TPSA) is 110 Å². The minimum atomic E-state index is -3.80. The molecule has 1 saturated heterocycles. The highest BCUT2D eigenvalue weighted by Crippen LogP contribution is 2.19. The van der Waals surface area contributed by atoms with E-state index in [1.807, 2.05) is 6.92 Å². The number of ether oxygens (including phenoxy) is 2. The predicted octanol–water partition coefficient (Wildman–Crippen LogP) is 0.534. The lowest BCUT2D eigenvalue weighted by Gasteiger charge is -2.38. The van der Waals surface area contributed by atoms with Crippen LogP contribution < -0.4 is 0 Å². The average molecular weight is 407 g/mol. The molecule has 1 amide bonds. The summed E-state index contributed by atoms with van der Waals surface area (Å²) >= 11 is 0. The van der Waals surface area contributed by atoms with E-state index < -0.39 is 39.5 Å². The summed E-state index contributed by atoms with van der Waals surface area (Å²) < 4.78 is 36.2. The summed E-state index contributed by atoms with van der Waals surface area (Å²) in [7, 11) is -3.80. The maximum absolute atomic E-state index is 12.8. The number of piperazine rings is 1. The summed E-state index contributed by atoms with van der Waals surface area (Å²) in [6.07, 6.45) is 1.08. The predicted molar refractivity (Wildman–Crippen MR) is 98.2 cm³/mol. The third-order valence-corrected chi connectivity index (χ3v) is 5.70. The number of carbonyl (C=O) groups is 3. The van der Waals surface area contributed by atoms with Gasteiger partial charge in [0, 0.05) is 13.1 Å². The molecule has 0 aromatic heterocycles. The van der Waals surface area contributed by atoms with Crippen molar-refractivity contribution in [2.24, 2.45) is 0 Å². The van der Waals surface area contributed by atoms with Gasteiger partial charge in [0.1, 0.15) is 12.1 Å². The third kappa shape index (κ3) is 6.76. The molecule has 0 spiro atoms. The van der Waals surface area contributed by atoms with Gasteiger partial charge in [0.2, 0.25) is 16.1 Å². The van der Waals surface area contributed by atoms with E-state index in [1.54, 1.807) is 27.7 Å². The molecular formula is C17H30N2O7S. The molecule has 0 radical (unpaired) electrons. The average Bonchev–Trinajstić information content (AvgIpc) is 2.52. The van der Waals surface area contributed by atoms with Gasteiger partial charge in [-0.25, -0.2) is 13.2 Å². The van der Waals surface area contributed by atoms with E-state index in [0.717, 1.165) is 9.21 Å². The zero-order chi connectivity index (χ0) is 20.8. The van der Waals surface area contributed by atoms with Gasteiger partial charge < -0.3 is 14.4 Å². The SMILES string of the molecule is CCCCS(=O)(=O)N1CCN(CC(=O)OC(C)(C)C)C(=O)C1C(=O)OCC. The molecule has 1 rings (SSSR count). The zero-order valence-corrected chi connectivity index (χ0v) is 17.5. The number of sulfonamides is 1. The van der Waals surface area contributed by atoms with E-state index in [-0.39, 0.29) is 32.0 Å². The van der Waals surface area contributed by atoms with Crippen molar-refractivity contribution < 1.29 is 32.3 Å². The van der Waals surface area contributed by atoms with E-state index in [4.69, 9.17) is 9.47 Å². The highest BCUT2D eigenvalue weighted by molar-refractivity contribution is 7.89. The van der Waals surface area contributed by atoms with Crippen molar-refractivity contribution in [3.05, 3.63) is 0 Å². The van der Waals surface area contributed by atoms with Crippen LogP contribution >= 0.6 is 0 Å². The van der Waals surface area contributed by atoms with Gasteiger partial charge >= 0.3 is 11.9 Å². The first-order valence-corrected chi connectivity index (χ1v) is 10.7. The smallest absolute Gasteiger partial charge is 0.334 e. The maximum atomic E-state index is 12.8. The fraction of sp³-hybridized carbons (Fsp3) is 0.824. The van der Waals surface area contributed by atoms with Gasteiger partial charge in [-0.15, -0.1) is 0 Å². The Morgan fingerprint density at radius 2 is 1.81 bits per heavy atom. The molecule has 0 saturated carbocycles. The third-order valence-electron chi connectivity index (χ3n) is 3.79. The number of amides is 1. The van der Waals surface area contributed by atoms with Crippen LogP contribution in [0.2, 0.25) is 0 Å². The van der Waals surface area contributed by atoms with Crippen LogP contribution in [0.3, 0.4) is 0 Å². The zero-order valence-electron chi connectivity index (χ0n) is 16.7. The number of hydrogen-bond donors (Lipinski definition) is 0. The summed E-state index contributed by atoms with van der Waals surface area (Å²) in [5.74, 6) is -2.48. The second-order valence-electron chi connectivity index (χ2n) is 7.28. The van der Waals surface area contributed by atoms with Crippen LogP contribution in [0.4, 0.5) is 0 Å². The number of esters is 2. The molecule has 1 heterocycles. The van der Waals surface area contributed by atoms with Crippen LogP contribution in [0.15, 0.2) is 0 Å². The summed E-state index contributed by atoms with van der Waals surface area (Å²) in [6, 6.07) is -1.61. The Labute approximate surface area is 161 Å². The normalized spacial score (nSPS) is 19.1. The van der Waals surface area contributed by atoms with Crippen LogP contribution in [0.25, 0.3) is 0 Å². The van der Waals surface area contributed by atoms with Crippen molar-refractivity contribution in [3.8, 4) is 0 Å². The van der Waals surface area contributed by atoms with E-state index in [1.165, 1.54) is 0 Å². The molecule has 1 atom stereocenters. The quantitative estimate of drug-likeness (QED) is 0.427. The Hall–Kier alpha value is -1.68. The molecule has 10 heteroatoms. The first kappa shape index (κ1) is 23.4. The molecule has 1 aliphatic rings. The molecule has 27 heavy (non-hydrogen) atoms. The minimum absolute atomic E-state index is 0.000659. The molecule has 0 N–H and O–H groups in total. The van der Waals surface area contributed by atoms with Gasteiger partial charge in [0.25, 0.3) is 5.91 Å². The first-order valence-electron chi connectivity index (χ1n) is 9.09. The molecule has 1 fully saturated rings. The van der Waals surface area contributed by atoms with Gasteiger partial charge in [0.15, 0.2) is 0 Å². The highest BCUT2D eigenvalue weighted by Gasteiger charge is 2.46. The van der Waals surface area contributed by atoms with Crippen molar-refractivity contribution in [2.45, 2.75) is 59.1 Å². The second kappa shape index (κ2) is 9.50. The molecule has 0 bridgehead atoms. The van der Waals surface area contributed by atoms with Gasteiger partial charge in [0.05, 0.1) is 12.4 Å². The largest absolute Gasteiger partial charge is 0.464 e. The molecule has 0 aromatic rings. The van der Waals surface area contributed by atoms with Crippen LogP contribution in [-0.4, -0.2) is 79.1 Å².